The van der Waals surface area contributed by atoms with Gasteiger partial charge >= 0.3 is 5.97 Å². The molecule has 0 unspecified atom stereocenters. The first-order chi connectivity index (χ1) is 7.19. The summed E-state index contributed by atoms with van der Waals surface area (Å²) in [4.78, 5) is 10.8. The Bertz CT molecular complexity index is 385. The molecular weight excluding hydrogens is 216 g/mol. The smallest absolute Gasteiger partial charge is 0.339 e. The monoisotopic (exact) mass is 226 g/mol. The van der Waals surface area contributed by atoms with Crippen LogP contribution < -0.4 is 4.74 Å². The van der Waals surface area contributed by atoms with Gasteiger partial charge in [0.25, 0.3) is 0 Å². The maximum atomic E-state index is 10.8. The van der Waals surface area contributed by atoms with Gasteiger partial charge in [0.05, 0.1) is 7.11 Å². The Morgan fingerprint density at radius 3 is 2.87 bits per heavy atom. The highest BCUT2D eigenvalue weighted by Gasteiger charge is 2.09. The molecule has 0 atom stereocenters. The molecule has 0 fully saturated rings. The van der Waals surface area contributed by atoms with Crippen LogP contribution in [0.3, 0.4) is 0 Å². The minimum absolute atomic E-state index is 0.153. The van der Waals surface area contributed by atoms with E-state index in [1.165, 1.54) is 13.2 Å². The van der Waals surface area contributed by atoms with Gasteiger partial charge < -0.3 is 9.84 Å². The summed E-state index contributed by atoms with van der Waals surface area (Å²) in [7, 11) is 1.44. The summed E-state index contributed by atoms with van der Waals surface area (Å²) in [6.45, 7) is 0. The van der Waals surface area contributed by atoms with E-state index >= 15 is 0 Å². The van der Waals surface area contributed by atoms with E-state index in [-0.39, 0.29) is 5.56 Å². The van der Waals surface area contributed by atoms with Crippen LogP contribution in [-0.2, 0) is 0 Å². The number of carbonyl (C=O) groups is 1. The first-order valence-electron chi connectivity index (χ1n) is 4.33. The Kier molecular flexibility index (Phi) is 4.18. The van der Waals surface area contributed by atoms with Gasteiger partial charge in [0.15, 0.2) is 0 Å². The van der Waals surface area contributed by atoms with Gasteiger partial charge in [0, 0.05) is 5.88 Å². The van der Waals surface area contributed by atoms with E-state index in [1.54, 1.807) is 24.3 Å². The molecule has 1 rings (SSSR count). The summed E-state index contributed by atoms with van der Waals surface area (Å²) in [6, 6.07) is 4.87. The zero-order valence-corrected chi connectivity index (χ0v) is 8.99. The standard InChI is InChI=1S/C11H11ClO3/c1-15-10-7-8(3-2-6-12)4-5-9(10)11(13)14/h2-5,7H,6H2,1H3,(H,13,14). The zero-order valence-electron chi connectivity index (χ0n) is 8.24. The van der Waals surface area contributed by atoms with Crippen molar-refractivity contribution >= 4 is 23.6 Å². The highest BCUT2D eigenvalue weighted by molar-refractivity contribution is 6.19. The molecule has 0 spiro atoms. The van der Waals surface area contributed by atoms with Crippen LogP contribution in [0.15, 0.2) is 24.3 Å². The SMILES string of the molecule is COc1cc(C=CCCl)ccc1C(=O)O. The molecule has 0 aliphatic carbocycles. The summed E-state index contributed by atoms with van der Waals surface area (Å²) < 4.78 is 4.98. The predicted octanol–water partition coefficient (Wildman–Crippen LogP) is 2.65. The number of hydrogen-bond donors (Lipinski definition) is 1. The summed E-state index contributed by atoms with van der Waals surface area (Å²) >= 11 is 5.49. The Labute approximate surface area is 92.9 Å². The van der Waals surface area contributed by atoms with Crippen molar-refractivity contribution in [3.05, 3.63) is 35.4 Å². The van der Waals surface area contributed by atoms with Crippen molar-refractivity contribution in [1.82, 2.24) is 0 Å². The average Bonchev–Trinajstić information content (AvgIpc) is 2.25. The number of allylic oxidation sites excluding steroid dienone is 1. The van der Waals surface area contributed by atoms with Gasteiger partial charge in [-0.1, -0.05) is 18.2 Å². The maximum absolute atomic E-state index is 10.8. The molecule has 0 heterocycles. The molecule has 80 valence electrons. The second kappa shape index (κ2) is 5.41. The second-order valence-corrected chi connectivity index (χ2v) is 3.13. The van der Waals surface area contributed by atoms with Crippen LogP contribution >= 0.6 is 11.6 Å². The zero-order chi connectivity index (χ0) is 11.3. The number of methoxy groups -OCH3 is 1. The summed E-state index contributed by atoms with van der Waals surface area (Å²) in [5.74, 6) is -0.234. The molecule has 0 amide bonds. The van der Waals surface area contributed by atoms with E-state index < -0.39 is 5.97 Å². The molecule has 1 aromatic carbocycles. The van der Waals surface area contributed by atoms with Gasteiger partial charge in [-0.25, -0.2) is 4.79 Å². The normalized spacial score (nSPS) is 10.5. The topological polar surface area (TPSA) is 46.5 Å². The number of alkyl halides is 1. The molecule has 0 aromatic heterocycles. The Hall–Kier alpha value is -1.48. The van der Waals surface area contributed by atoms with Crippen molar-refractivity contribution in [2.24, 2.45) is 0 Å². The Balaban J connectivity index is 3.07. The van der Waals surface area contributed by atoms with Crippen molar-refractivity contribution in [1.29, 1.82) is 0 Å². The minimum atomic E-state index is -1.00. The van der Waals surface area contributed by atoms with E-state index in [1.807, 2.05) is 0 Å². The molecule has 0 bridgehead atoms. The quantitative estimate of drug-likeness (QED) is 0.803. The third-order valence-corrected chi connectivity index (χ3v) is 2.03. The lowest BCUT2D eigenvalue weighted by Gasteiger charge is -2.05. The van der Waals surface area contributed by atoms with E-state index in [2.05, 4.69) is 0 Å². The van der Waals surface area contributed by atoms with Crippen LogP contribution in [0.1, 0.15) is 15.9 Å². The first-order valence-corrected chi connectivity index (χ1v) is 4.86. The van der Waals surface area contributed by atoms with Gasteiger partial charge in [-0.2, -0.15) is 0 Å². The number of aromatic carboxylic acids is 1. The second-order valence-electron chi connectivity index (χ2n) is 2.82. The van der Waals surface area contributed by atoms with Crippen LogP contribution in [0.25, 0.3) is 6.08 Å². The first kappa shape index (κ1) is 11.6. The fourth-order valence-electron chi connectivity index (χ4n) is 1.17. The largest absolute Gasteiger partial charge is 0.496 e. The van der Waals surface area contributed by atoms with Crippen LogP contribution in [0.5, 0.6) is 5.75 Å². The van der Waals surface area contributed by atoms with Crippen molar-refractivity contribution in [2.75, 3.05) is 13.0 Å². The van der Waals surface area contributed by atoms with E-state index in [9.17, 15) is 4.79 Å². The molecule has 0 aliphatic rings. The molecular formula is C11H11ClO3. The summed E-state index contributed by atoms with van der Waals surface area (Å²) in [5, 5.41) is 8.84. The number of benzene rings is 1. The Morgan fingerprint density at radius 2 is 2.33 bits per heavy atom. The van der Waals surface area contributed by atoms with E-state index in [0.29, 0.717) is 11.6 Å². The maximum Gasteiger partial charge on any atom is 0.339 e. The van der Waals surface area contributed by atoms with Crippen LogP contribution in [0, 0.1) is 0 Å². The number of ether oxygens (including phenoxy) is 1. The number of rotatable bonds is 4. The lowest BCUT2D eigenvalue weighted by molar-refractivity contribution is 0.0693. The number of carboxylic acids is 1. The minimum Gasteiger partial charge on any atom is -0.496 e. The highest BCUT2D eigenvalue weighted by Crippen LogP contribution is 2.20. The molecule has 0 radical (unpaired) electrons. The average molecular weight is 227 g/mol. The van der Waals surface area contributed by atoms with Gasteiger partial charge in [-0.3, -0.25) is 0 Å². The molecule has 4 heteroatoms. The molecule has 3 nitrogen and oxygen atoms in total. The molecule has 15 heavy (non-hydrogen) atoms. The third kappa shape index (κ3) is 2.99. The highest BCUT2D eigenvalue weighted by atomic mass is 35.5. The lowest BCUT2D eigenvalue weighted by atomic mass is 10.1. The van der Waals surface area contributed by atoms with E-state index in [4.69, 9.17) is 21.4 Å². The van der Waals surface area contributed by atoms with Crippen molar-refractivity contribution in [3.8, 4) is 5.75 Å². The van der Waals surface area contributed by atoms with Gasteiger partial charge in [-0.05, 0) is 17.7 Å². The van der Waals surface area contributed by atoms with Crippen molar-refractivity contribution in [2.45, 2.75) is 0 Å². The number of carboxylic acid groups (broad SMARTS) is 1. The van der Waals surface area contributed by atoms with Crippen LogP contribution in [0.2, 0.25) is 0 Å². The van der Waals surface area contributed by atoms with Gasteiger partial charge in [0.1, 0.15) is 11.3 Å². The van der Waals surface area contributed by atoms with Crippen LogP contribution in [-0.4, -0.2) is 24.1 Å². The molecule has 0 saturated carbocycles. The predicted molar refractivity (Wildman–Crippen MR) is 59.7 cm³/mol. The van der Waals surface area contributed by atoms with Crippen LogP contribution in [0.4, 0.5) is 0 Å². The number of hydrogen-bond acceptors (Lipinski definition) is 2. The van der Waals surface area contributed by atoms with E-state index in [0.717, 1.165) is 5.56 Å². The fourth-order valence-corrected chi connectivity index (χ4v) is 1.26. The molecule has 1 N–H and O–H groups in total. The summed E-state index contributed by atoms with van der Waals surface area (Å²) in [6.07, 6.45) is 3.58. The number of halogens is 1. The van der Waals surface area contributed by atoms with Crippen molar-refractivity contribution in [3.63, 3.8) is 0 Å². The van der Waals surface area contributed by atoms with Crippen molar-refractivity contribution < 1.29 is 14.6 Å². The lowest BCUT2D eigenvalue weighted by Crippen LogP contribution is -2.00. The van der Waals surface area contributed by atoms with Gasteiger partial charge in [-0.15, -0.1) is 11.6 Å². The third-order valence-electron chi connectivity index (χ3n) is 1.86. The summed E-state index contributed by atoms with van der Waals surface area (Å²) in [5.41, 5.74) is 1.01. The Morgan fingerprint density at radius 1 is 1.60 bits per heavy atom. The molecule has 0 saturated heterocycles. The molecule has 0 aliphatic heterocycles. The van der Waals surface area contributed by atoms with Gasteiger partial charge in [0.2, 0.25) is 0 Å². The fraction of sp³-hybridized carbons (Fsp3) is 0.182. The molecule has 1 aromatic rings.